The van der Waals surface area contributed by atoms with Crippen LogP contribution in [0.4, 0.5) is 0 Å². The lowest BCUT2D eigenvalue weighted by Crippen LogP contribution is -2.07. The van der Waals surface area contributed by atoms with Gasteiger partial charge >= 0.3 is 0 Å². The van der Waals surface area contributed by atoms with E-state index in [0.717, 1.165) is 12.6 Å². The Morgan fingerprint density at radius 3 is 1.61 bits per heavy atom. The predicted molar refractivity (Wildman–Crippen MR) is 67.0 cm³/mol. The lowest BCUT2D eigenvalue weighted by molar-refractivity contribution is -0.109. The van der Waals surface area contributed by atoms with E-state index in [9.17, 15) is 19.8 Å². The molecular weight excluding hydrogens is 232 g/mol. The van der Waals surface area contributed by atoms with E-state index in [-0.39, 0.29) is 12.8 Å². The van der Waals surface area contributed by atoms with Gasteiger partial charge in [0, 0.05) is 12.8 Å². The maximum absolute atomic E-state index is 10.3. The standard InChI is InChI=1S/C14H18O4/c15-9-3-7-13(17)11-5-1-2-6-12(11)14(18)8-4-10-16/h1-2,5-6,9-10,13-14,17-18H,3-4,7-8H2. The van der Waals surface area contributed by atoms with Crippen molar-refractivity contribution in [1.82, 2.24) is 0 Å². The molecule has 0 spiro atoms. The Balaban J connectivity index is 2.83. The molecule has 1 rings (SSSR count). The minimum atomic E-state index is -0.766. The fraction of sp³-hybridized carbons (Fsp3) is 0.429. The molecule has 0 aromatic heterocycles. The van der Waals surface area contributed by atoms with Gasteiger partial charge in [-0.15, -0.1) is 0 Å². The maximum atomic E-state index is 10.3. The molecule has 98 valence electrons. The number of hydrogen-bond acceptors (Lipinski definition) is 4. The number of carbonyl (C=O) groups is 2. The lowest BCUT2D eigenvalue weighted by Gasteiger charge is -2.18. The minimum absolute atomic E-state index is 0.278. The summed E-state index contributed by atoms with van der Waals surface area (Å²) in [6.45, 7) is 0. The van der Waals surface area contributed by atoms with Crippen LogP contribution in [0.15, 0.2) is 24.3 Å². The quantitative estimate of drug-likeness (QED) is 0.689. The smallest absolute Gasteiger partial charge is 0.120 e. The van der Waals surface area contributed by atoms with E-state index >= 15 is 0 Å². The molecule has 0 heterocycles. The van der Waals surface area contributed by atoms with E-state index < -0.39 is 12.2 Å². The Labute approximate surface area is 106 Å². The van der Waals surface area contributed by atoms with Crippen LogP contribution in [0.5, 0.6) is 0 Å². The highest BCUT2D eigenvalue weighted by Gasteiger charge is 2.16. The molecule has 0 aliphatic rings. The van der Waals surface area contributed by atoms with Crippen molar-refractivity contribution in [2.75, 3.05) is 0 Å². The first kappa shape index (κ1) is 14.5. The molecule has 0 bridgehead atoms. The lowest BCUT2D eigenvalue weighted by atomic mass is 9.94. The molecule has 4 heteroatoms. The first-order valence-electron chi connectivity index (χ1n) is 6.03. The molecule has 0 aliphatic carbocycles. The fourth-order valence-electron chi connectivity index (χ4n) is 1.88. The van der Waals surface area contributed by atoms with Crippen molar-refractivity contribution in [2.24, 2.45) is 0 Å². The molecule has 0 saturated carbocycles. The second kappa shape index (κ2) is 7.74. The van der Waals surface area contributed by atoms with Gasteiger partial charge in [-0.1, -0.05) is 24.3 Å². The molecule has 1 aromatic rings. The number of aliphatic hydroxyl groups is 2. The molecule has 18 heavy (non-hydrogen) atoms. The first-order chi connectivity index (χ1) is 8.70. The van der Waals surface area contributed by atoms with Crippen LogP contribution in [-0.2, 0) is 9.59 Å². The van der Waals surface area contributed by atoms with Crippen LogP contribution in [0, 0.1) is 0 Å². The van der Waals surface area contributed by atoms with Gasteiger partial charge in [0.25, 0.3) is 0 Å². The summed E-state index contributed by atoms with van der Waals surface area (Å²) in [5.74, 6) is 0. The summed E-state index contributed by atoms with van der Waals surface area (Å²) >= 11 is 0. The van der Waals surface area contributed by atoms with E-state index in [1.807, 2.05) is 0 Å². The maximum Gasteiger partial charge on any atom is 0.120 e. The molecule has 0 saturated heterocycles. The molecule has 2 atom stereocenters. The molecule has 1 aromatic carbocycles. The zero-order valence-electron chi connectivity index (χ0n) is 10.2. The third-order valence-electron chi connectivity index (χ3n) is 2.83. The van der Waals surface area contributed by atoms with E-state index in [2.05, 4.69) is 0 Å². The Hall–Kier alpha value is -1.52. The zero-order chi connectivity index (χ0) is 13.4. The van der Waals surface area contributed by atoms with Gasteiger partial charge in [0.15, 0.2) is 0 Å². The van der Waals surface area contributed by atoms with Crippen molar-refractivity contribution in [2.45, 2.75) is 37.9 Å². The average molecular weight is 250 g/mol. The summed E-state index contributed by atoms with van der Waals surface area (Å²) in [7, 11) is 0. The molecule has 2 unspecified atom stereocenters. The van der Waals surface area contributed by atoms with Crippen LogP contribution in [0.25, 0.3) is 0 Å². The van der Waals surface area contributed by atoms with Gasteiger partial charge in [0.1, 0.15) is 12.6 Å². The van der Waals surface area contributed by atoms with Crippen LogP contribution in [0.2, 0.25) is 0 Å². The summed E-state index contributed by atoms with van der Waals surface area (Å²) in [6, 6.07) is 7.01. The molecule has 2 N–H and O–H groups in total. The van der Waals surface area contributed by atoms with Crippen molar-refractivity contribution in [1.29, 1.82) is 0 Å². The summed E-state index contributed by atoms with van der Waals surface area (Å²) in [5, 5.41) is 19.9. The summed E-state index contributed by atoms with van der Waals surface area (Å²) < 4.78 is 0. The highest BCUT2D eigenvalue weighted by atomic mass is 16.3. The van der Waals surface area contributed by atoms with E-state index in [1.165, 1.54) is 0 Å². The molecule has 0 aliphatic heterocycles. The Morgan fingerprint density at radius 2 is 1.28 bits per heavy atom. The fourth-order valence-corrected chi connectivity index (χ4v) is 1.88. The average Bonchev–Trinajstić information content (AvgIpc) is 2.42. The third kappa shape index (κ3) is 4.05. The normalized spacial score (nSPS) is 13.9. The van der Waals surface area contributed by atoms with Gasteiger partial charge in [-0.05, 0) is 24.0 Å². The summed E-state index contributed by atoms with van der Waals surface area (Å²) in [5.41, 5.74) is 1.25. The number of aliphatic hydroxyl groups excluding tert-OH is 2. The van der Waals surface area contributed by atoms with E-state index in [0.29, 0.717) is 24.0 Å². The third-order valence-corrected chi connectivity index (χ3v) is 2.83. The predicted octanol–water partition coefficient (Wildman–Crippen LogP) is 1.71. The molecule has 4 nitrogen and oxygen atoms in total. The van der Waals surface area contributed by atoms with Crippen LogP contribution >= 0.6 is 0 Å². The Kier molecular flexibility index (Phi) is 6.25. The number of hydrogen-bond donors (Lipinski definition) is 2. The van der Waals surface area contributed by atoms with Crippen molar-refractivity contribution in [3.05, 3.63) is 35.4 Å². The SMILES string of the molecule is O=CCCC(O)c1ccccc1C(O)CCC=O. The number of carbonyl (C=O) groups excluding carboxylic acids is 2. The highest BCUT2D eigenvalue weighted by Crippen LogP contribution is 2.28. The van der Waals surface area contributed by atoms with Crippen molar-refractivity contribution in [3.63, 3.8) is 0 Å². The van der Waals surface area contributed by atoms with E-state index in [4.69, 9.17) is 0 Å². The zero-order valence-corrected chi connectivity index (χ0v) is 10.2. The van der Waals surface area contributed by atoms with Crippen molar-refractivity contribution < 1.29 is 19.8 Å². The highest BCUT2D eigenvalue weighted by molar-refractivity contribution is 5.50. The molecular formula is C14H18O4. The monoisotopic (exact) mass is 250 g/mol. The van der Waals surface area contributed by atoms with Crippen LogP contribution in [0.3, 0.4) is 0 Å². The largest absolute Gasteiger partial charge is 0.388 e. The second-order valence-corrected chi connectivity index (χ2v) is 4.15. The van der Waals surface area contributed by atoms with Crippen LogP contribution < -0.4 is 0 Å². The van der Waals surface area contributed by atoms with Gasteiger partial charge in [-0.25, -0.2) is 0 Å². The Morgan fingerprint density at radius 1 is 0.889 bits per heavy atom. The Bertz CT molecular complexity index is 352. The van der Waals surface area contributed by atoms with Gasteiger partial charge in [-0.3, -0.25) is 0 Å². The number of rotatable bonds is 8. The first-order valence-corrected chi connectivity index (χ1v) is 6.03. The number of benzene rings is 1. The van der Waals surface area contributed by atoms with E-state index in [1.54, 1.807) is 24.3 Å². The van der Waals surface area contributed by atoms with Gasteiger partial charge in [-0.2, -0.15) is 0 Å². The van der Waals surface area contributed by atoms with Gasteiger partial charge in [0.2, 0.25) is 0 Å². The minimum Gasteiger partial charge on any atom is -0.388 e. The summed E-state index contributed by atoms with van der Waals surface area (Å²) in [6.07, 6.45) is 1.21. The van der Waals surface area contributed by atoms with Crippen LogP contribution in [0.1, 0.15) is 49.0 Å². The van der Waals surface area contributed by atoms with Gasteiger partial charge < -0.3 is 19.8 Å². The second-order valence-electron chi connectivity index (χ2n) is 4.15. The van der Waals surface area contributed by atoms with Crippen LogP contribution in [-0.4, -0.2) is 22.8 Å². The molecule has 0 radical (unpaired) electrons. The number of aldehydes is 2. The summed E-state index contributed by atoms with van der Waals surface area (Å²) in [4.78, 5) is 20.6. The van der Waals surface area contributed by atoms with Gasteiger partial charge in [0.05, 0.1) is 12.2 Å². The molecule has 0 amide bonds. The molecule has 0 fully saturated rings. The topological polar surface area (TPSA) is 74.6 Å². The van der Waals surface area contributed by atoms with Crippen molar-refractivity contribution in [3.8, 4) is 0 Å². The van der Waals surface area contributed by atoms with Crippen molar-refractivity contribution >= 4 is 12.6 Å².